The van der Waals surface area contributed by atoms with Gasteiger partial charge in [-0.2, -0.15) is 0 Å². The lowest BCUT2D eigenvalue weighted by Crippen LogP contribution is -2.03. The Balaban J connectivity index is 2.34. The number of hydrogen-bond acceptors (Lipinski definition) is 4. The van der Waals surface area contributed by atoms with Crippen molar-refractivity contribution in [2.24, 2.45) is 5.73 Å². The summed E-state index contributed by atoms with van der Waals surface area (Å²) >= 11 is 9.36. The number of ether oxygens (including phenoxy) is 1. The van der Waals surface area contributed by atoms with E-state index in [9.17, 15) is 0 Å². The zero-order valence-electron chi connectivity index (χ0n) is 8.73. The van der Waals surface area contributed by atoms with Crippen molar-refractivity contribution in [3.05, 3.63) is 45.8 Å². The van der Waals surface area contributed by atoms with Crippen LogP contribution in [0.5, 0.6) is 11.6 Å². The fourth-order valence-corrected chi connectivity index (χ4v) is 1.74. The summed E-state index contributed by atoms with van der Waals surface area (Å²) in [5.41, 5.74) is 6.13. The summed E-state index contributed by atoms with van der Waals surface area (Å²) in [6.07, 6.45) is 3.11. The van der Waals surface area contributed by atoms with Crippen molar-refractivity contribution in [1.82, 2.24) is 9.97 Å². The molecule has 17 heavy (non-hydrogen) atoms. The molecule has 2 N–H and O–H groups in total. The minimum Gasteiger partial charge on any atom is -0.436 e. The van der Waals surface area contributed by atoms with Crippen LogP contribution in [0.4, 0.5) is 0 Å². The summed E-state index contributed by atoms with van der Waals surface area (Å²) in [7, 11) is 0. The van der Waals surface area contributed by atoms with E-state index in [4.69, 9.17) is 22.1 Å². The van der Waals surface area contributed by atoms with Gasteiger partial charge in [0.1, 0.15) is 11.4 Å². The van der Waals surface area contributed by atoms with E-state index in [0.717, 1.165) is 4.47 Å². The lowest BCUT2D eigenvalue weighted by atomic mass is 10.3. The number of nitrogens with zero attached hydrogens (tertiary/aromatic N) is 2. The molecule has 2 aromatic rings. The topological polar surface area (TPSA) is 61.0 Å². The van der Waals surface area contributed by atoms with Crippen LogP contribution >= 0.6 is 27.5 Å². The van der Waals surface area contributed by atoms with E-state index in [2.05, 4.69) is 25.9 Å². The summed E-state index contributed by atoms with van der Waals surface area (Å²) in [5, 5.41) is 0.502. The predicted molar refractivity (Wildman–Crippen MR) is 69.1 cm³/mol. The highest BCUT2D eigenvalue weighted by Gasteiger charge is 2.09. The van der Waals surface area contributed by atoms with E-state index in [1.807, 2.05) is 6.07 Å². The van der Waals surface area contributed by atoms with Crippen molar-refractivity contribution in [2.75, 3.05) is 0 Å². The smallest absolute Gasteiger partial charge is 0.242 e. The first kappa shape index (κ1) is 12.3. The summed E-state index contributed by atoms with van der Waals surface area (Å²) in [6.45, 7) is 0.259. The van der Waals surface area contributed by atoms with E-state index in [1.54, 1.807) is 24.5 Å². The van der Waals surface area contributed by atoms with Crippen molar-refractivity contribution in [1.29, 1.82) is 0 Å². The van der Waals surface area contributed by atoms with Gasteiger partial charge in [-0.1, -0.05) is 27.5 Å². The predicted octanol–water partition coefficient (Wildman–Crippen LogP) is 3.14. The number of nitrogens with two attached hydrogens (primary N) is 1. The Hall–Kier alpha value is -1.17. The molecule has 0 bridgehead atoms. The molecule has 1 aromatic heterocycles. The molecule has 6 heteroatoms. The third kappa shape index (κ3) is 2.94. The Morgan fingerprint density at radius 2 is 2.06 bits per heavy atom. The number of rotatable bonds is 3. The zero-order valence-corrected chi connectivity index (χ0v) is 11.1. The second-order valence-corrected chi connectivity index (χ2v) is 4.51. The SMILES string of the molecule is NCc1nccnc1Oc1cc(Br)ccc1Cl. The highest BCUT2D eigenvalue weighted by Crippen LogP contribution is 2.31. The highest BCUT2D eigenvalue weighted by atomic mass is 79.9. The van der Waals surface area contributed by atoms with Gasteiger partial charge in [0.05, 0.1) is 5.02 Å². The van der Waals surface area contributed by atoms with Gasteiger partial charge < -0.3 is 10.5 Å². The molecule has 0 radical (unpaired) electrons. The van der Waals surface area contributed by atoms with E-state index >= 15 is 0 Å². The van der Waals surface area contributed by atoms with Crippen LogP contribution in [0.25, 0.3) is 0 Å². The van der Waals surface area contributed by atoms with Crippen LogP contribution in [0.2, 0.25) is 5.02 Å². The summed E-state index contributed by atoms with van der Waals surface area (Å²) in [4.78, 5) is 8.16. The van der Waals surface area contributed by atoms with Gasteiger partial charge in [0.15, 0.2) is 0 Å². The van der Waals surface area contributed by atoms with Gasteiger partial charge in [-0.3, -0.25) is 4.98 Å². The van der Waals surface area contributed by atoms with Gasteiger partial charge in [-0.25, -0.2) is 4.98 Å². The van der Waals surface area contributed by atoms with E-state index < -0.39 is 0 Å². The molecule has 0 aliphatic heterocycles. The molecular formula is C11H9BrClN3O. The summed E-state index contributed by atoms with van der Waals surface area (Å²) in [6, 6.07) is 5.33. The molecule has 2 rings (SSSR count). The van der Waals surface area contributed by atoms with Crippen LogP contribution < -0.4 is 10.5 Å². The van der Waals surface area contributed by atoms with Crippen LogP contribution in [0.15, 0.2) is 35.1 Å². The molecule has 0 saturated heterocycles. The van der Waals surface area contributed by atoms with Gasteiger partial charge in [-0.15, -0.1) is 0 Å². The quantitative estimate of drug-likeness (QED) is 0.945. The van der Waals surface area contributed by atoms with Crippen molar-refractivity contribution in [3.63, 3.8) is 0 Å². The zero-order chi connectivity index (χ0) is 12.3. The van der Waals surface area contributed by atoms with Crippen molar-refractivity contribution >= 4 is 27.5 Å². The normalized spacial score (nSPS) is 10.3. The van der Waals surface area contributed by atoms with Gasteiger partial charge in [0, 0.05) is 23.4 Å². The highest BCUT2D eigenvalue weighted by molar-refractivity contribution is 9.10. The standard InChI is InChI=1S/C11H9BrClN3O/c12-7-1-2-8(13)10(5-7)17-11-9(6-14)15-3-4-16-11/h1-5H,6,14H2. The van der Waals surface area contributed by atoms with Crippen LogP contribution in [0, 0.1) is 0 Å². The van der Waals surface area contributed by atoms with Crippen LogP contribution in [-0.4, -0.2) is 9.97 Å². The third-order valence-corrected chi connectivity index (χ3v) is 2.83. The minimum absolute atomic E-state index is 0.259. The molecule has 88 valence electrons. The second kappa shape index (κ2) is 5.44. The molecular weight excluding hydrogens is 305 g/mol. The van der Waals surface area contributed by atoms with Crippen LogP contribution in [0.3, 0.4) is 0 Å². The molecule has 0 atom stereocenters. The maximum atomic E-state index is 6.02. The summed E-state index contributed by atoms with van der Waals surface area (Å²) < 4.78 is 6.47. The van der Waals surface area contributed by atoms with E-state index in [-0.39, 0.29) is 6.54 Å². The number of hydrogen-bond donors (Lipinski definition) is 1. The van der Waals surface area contributed by atoms with Gasteiger partial charge in [0.25, 0.3) is 0 Å². The van der Waals surface area contributed by atoms with Crippen molar-refractivity contribution < 1.29 is 4.74 Å². The molecule has 0 saturated carbocycles. The maximum absolute atomic E-state index is 6.02. The largest absolute Gasteiger partial charge is 0.436 e. The molecule has 0 spiro atoms. The van der Waals surface area contributed by atoms with Gasteiger partial charge >= 0.3 is 0 Å². The second-order valence-electron chi connectivity index (χ2n) is 3.19. The van der Waals surface area contributed by atoms with Crippen LogP contribution in [-0.2, 0) is 6.54 Å². The van der Waals surface area contributed by atoms with Crippen LogP contribution in [0.1, 0.15) is 5.69 Å². The first-order valence-corrected chi connectivity index (χ1v) is 6.00. The fraction of sp³-hybridized carbons (Fsp3) is 0.0909. The molecule has 1 aromatic carbocycles. The molecule has 0 amide bonds. The molecule has 0 aliphatic carbocycles. The Bertz CT molecular complexity index is 536. The minimum atomic E-state index is 0.259. The first-order chi connectivity index (χ1) is 8.20. The Morgan fingerprint density at radius 1 is 1.29 bits per heavy atom. The average molecular weight is 315 g/mol. The molecule has 0 aliphatic rings. The fourth-order valence-electron chi connectivity index (χ4n) is 1.24. The lowest BCUT2D eigenvalue weighted by molar-refractivity contribution is 0.452. The average Bonchev–Trinajstić information content (AvgIpc) is 2.34. The Labute approximate surface area is 112 Å². The number of aromatic nitrogens is 2. The van der Waals surface area contributed by atoms with Crippen molar-refractivity contribution in [2.45, 2.75) is 6.54 Å². The Morgan fingerprint density at radius 3 is 2.82 bits per heavy atom. The molecule has 0 fully saturated rings. The number of benzene rings is 1. The molecule has 0 unspecified atom stereocenters. The van der Waals surface area contributed by atoms with Gasteiger partial charge in [0.2, 0.25) is 5.88 Å². The monoisotopic (exact) mass is 313 g/mol. The number of halogens is 2. The van der Waals surface area contributed by atoms with Crippen molar-refractivity contribution in [3.8, 4) is 11.6 Å². The van der Waals surface area contributed by atoms with Gasteiger partial charge in [-0.05, 0) is 18.2 Å². The van der Waals surface area contributed by atoms with E-state index in [0.29, 0.717) is 22.3 Å². The Kier molecular flexibility index (Phi) is 3.93. The first-order valence-electron chi connectivity index (χ1n) is 4.83. The van der Waals surface area contributed by atoms with E-state index in [1.165, 1.54) is 0 Å². The maximum Gasteiger partial charge on any atom is 0.242 e. The summed E-state index contributed by atoms with van der Waals surface area (Å²) in [5.74, 6) is 0.881. The molecule has 1 heterocycles. The lowest BCUT2D eigenvalue weighted by Gasteiger charge is -2.09. The molecule has 4 nitrogen and oxygen atoms in total. The third-order valence-electron chi connectivity index (χ3n) is 2.03.